The van der Waals surface area contributed by atoms with Gasteiger partial charge < -0.3 is 15.1 Å². The Kier molecular flexibility index (Phi) is 4.81. The SMILES string of the molecule is CN(C(=O)N(CC(=O)O)CC(=O)O)c1cccnc1. The highest BCUT2D eigenvalue weighted by Crippen LogP contribution is 2.11. The zero-order valence-electron chi connectivity index (χ0n) is 10.2. The van der Waals surface area contributed by atoms with Gasteiger partial charge in [-0.3, -0.25) is 19.5 Å². The lowest BCUT2D eigenvalue weighted by molar-refractivity contribution is -0.140. The van der Waals surface area contributed by atoms with E-state index in [1.165, 1.54) is 19.4 Å². The highest BCUT2D eigenvalue weighted by Gasteiger charge is 2.23. The summed E-state index contributed by atoms with van der Waals surface area (Å²) in [6, 6.07) is 2.49. The first-order valence-electron chi connectivity index (χ1n) is 5.28. The fourth-order valence-corrected chi connectivity index (χ4v) is 1.39. The molecule has 8 heteroatoms. The molecule has 0 saturated carbocycles. The molecule has 1 aromatic rings. The minimum atomic E-state index is -1.28. The predicted octanol–water partition coefficient (Wildman–Crippen LogP) is 0.109. The van der Waals surface area contributed by atoms with Crippen LogP contribution in [-0.2, 0) is 9.59 Å². The van der Waals surface area contributed by atoms with Crippen LogP contribution in [-0.4, -0.2) is 58.2 Å². The van der Waals surface area contributed by atoms with Gasteiger partial charge in [0.1, 0.15) is 13.1 Å². The molecular weight excluding hydrogens is 254 g/mol. The molecule has 102 valence electrons. The van der Waals surface area contributed by atoms with Crippen molar-refractivity contribution in [3.05, 3.63) is 24.5 Å². The Morgan fingerprint density at radius 3 is 2.21 bits per heavy atom. The van der Waals surface area contributed by atoms with Crippen LogP contribution in [0, 0.1) is 0 Å². The lowest BCUT2D eigenvalue weighted by Gasteiger charge is -2.25. The molecule has 0 bridgehead atoms. The Balaban J connectivity index is 2.86. The van der Waals surface area contributed by atoms with E-state index in [1.807, 2.05) is 0 Å². The zero-order chi connectivity index (χ0) is 14.4. The molecule has 0 unspecified atom stereocenters. The van der Waals surface area contributed by atoms with Gasteiger partial charge in [0, 0.05) is 13.2 Å². The molecule has 1 aromatic heterocycles. The molecule has 0 atom stereocenters. The van der Waals surface area contributed by atoms with Crippen LogP contribution in [0.3, 0.4) is 0 Å². The van der Waals surface area contributed by atoms with Crippen LogP contribution in [0.2, 0.25) is 0 Å². The smallest absolute Gasteiger partial charge is 0.325 e. The standard InChI is InChI=1S/C11H13N3O5/c1-13(8-3-2-4-12-5-8)11(19)14(6-9(15)16)7-10(17)18/h2-5H,6-7H2,1H3,(H,15,16)(H,17,18). The van der Waals surface area contributed by atoms with Gasteiger partial charge in [-0.05, 0) is 12.1 Å². The molecule has 0 fully saturated rings. The number of nitrogens with zero attached hydrogens (tertiary/aromatic N) is 3. The maximum Gasteiger partial charge on any atom is 0.325 e. The van der Waals surface area contributed by atoms with E-state index < -0.39 is 31.1 Å². The molecule has 0 saturated heterocycles. The number of urea groups is 1. The van der Waals surface area contributed by atoms with Crippen LogP contribution >= 0.6 is 0 Å². The van der Waals surface area contributed by atoms with Crippen LogP contribution < -0.4 is 4.90 Å². The lowest BCUT2D eigenvalue weighted by Crippen LogP contribution is -2.46. The number of pyridine rings is 1. The van der Waals surface area contributed by atoms with Crippen molar-refractivity contribution in [1.82, 2.24) is 9.88 Å². The van der Waals surface area contributed by atoms with E-state index in [4.69, 9.17) is 10.2 Å². The van der Waals surface area contributed by atoms with Crippen LogP contribution in [0.15, 0.2) is 24.5 Å². The number of aromatic nitrogens is 1. The third-order valence-electron chi connectivity index (χ3n) is 2.24. The first kappa shape index (κ1) is 14.4. The number of rotatable bonds is 5. The third-order valence-corrected chi connectivity index (χ3v) is 2.24. The maximum atomic E-state index is 12.0. The molecule has 1 heterocycles. The monoisotopic (exact) mass is 267 g/mol. The molecule has 0 aliphatic rings. The van der Waals surface area contributed by atoms with Crippen molar-refractivity contribution >= 4 is 23.7 Å². The van der Waals surface area contributed by atoms with Gasteiger partial charge in [0.2, 0.25) is 0 Å². The van der Waals surface area contributed by atoms with Crippen LogP contribution in [0.5, 0.6) is 0 Å². The summed E-state index contributed by atoms with van der Waals surface area (Å²) in [7, 11) is 1.41. The van der Waals surface area contributed by atoms with Crippen molar-refractivity contribution < 1.29 is 24.6 Å². The summed E-state index contributed by atoms with van der Waals surface area (Å²) in [5.74, 6) is -2.57. The average Bonchev–Trinajstić information content (AvgIpc) is 2.36. The van der Waals surface area contributed by atoms with Gasteiger partial charge in [-0.15, -0.1) is 0 Å². The Morgan fingerprint density at radius 2 is 1.79 bits per heavy atom. The van der Waals surface area contributed by atoms with Crippen molar-refractivity contribution in [2.24, 2.45) is 0 Å². The number of hydrogen-bond donors (Lipinski definition) is 2. The number of aliphatic carboxylic acids is 2. The Labute approximate surface area is 108 Å². The number of hydrogen-bond acceptors (Lipinski definition) is 4. The fourth-order valence-electron chi connectivity index (χ4n) is 1.39. The number of carboxylic acids is 2. The van der Waals surface area contributed by atoms with Gasteiger partial charge in [0.25, 0.3) is 0 Å². The number of carbonyl (C=O) groups is 3. The van der Waals surface area contributed by atoms with Gasteiger partial charge >= 0.3 is 18.0 Å². The second kappa shape index (κ2) is 6.34. The first-order chi connectivity index (χ1) is 8.91. The van der Waals surface area contributed by atoms with Crippen molar-refractivity contribution in [3.8, 4) is 0 Å². The van der Waals surface area contributed by atoms with Crippen LogP contribution in [0.4, 0.5) is 10.5 Å². The van der Waals surface area contributed by atoms with E-state index in [9.17, 15) is 14.4 Å². The summed E-state index contributed by atoms with van der Waals surface area (Å²) in [6.07, 6.45) is 2.94. The number of carbonyl (C=O) groups excluding carboxylic acids is 1. The molecule has 2 amide bonds. The van der Waals surface area contributed by atoms with Gasteiger partial charge in [-0.1, -0.05) is 0 Å². The summed E-state index contributed by atoms with van der Waals surface area (Å²) in [6.45, 7) is -1.37. The fraction of sp³-hybridized carbons (Fsp3) is 0.273. The van der Waals surface area contributed by atoms with Crippen LogP contribution in [0.1, 0.15) is 0 Å². The number of amides is 2. The molecule has 19 heavy (non-hydrogen) atoms. The van der Waals surface area contributed by atoms with E-state index in [-0.39, 0.29) is 0 Å². The topological polar surface area (TPSA) is 111 Å². The summed E-state index contributed by atoms with van der Waals surface area (Å²) in [4.78, 5) is 39.0. The van der Waals surface area contributed by atoms with Gasteiger partial charge in [0.05, 0.1) is 11.9 Å². The molecule has 0 spiro atoms. The van der Waals surface area contributed by atoms with Gasteiger partial charge in [-0.25, -0.2) is 4.79 Å². The van der Waals surface area contributed by atoms with E-state index in [0.29, 0.717) is 5.69 Å². The quantitative estimate of drug-likeness (QED) is 0.783. The summed E-state index contributed by atoms with van der Waals surface area (Å²) in [5.41, 5.74) is 0.438. The highest BCUT2D eigenvalue weighted by atomic mass is 16.4. The molecule has 8 nitrogen and oxygen atoms in total. The average molecular weight is 267 g/mol. The molecule has 2 N–H and O–H groups in total. The molecule has 0 aliphatic heterocycles. The van der Waals surface area contributed by atoms with Crippen molar-refractivity contribution in [2.45, 2.75) is 0 Å². The summed E-state index contributed by atoms with van der Waals surface area (Å²) >= 11 is 0. The van der Waals surface area contributed by atoms with Crippen molar-refractivity contribution in [2.75, 3.05) is 25.0 Å². The van der Waals surface area contributed by atoms with Crippen LogP contribution in [0.25, 0.3) is 0 Å². The van der Waals surface area contributed by atoms with Gasteiger partial charge in [0.15, 0.2) is 0 Å². The third kappa shape index (κ3) is 4.26. The molecular formula is C11H13N3O5. The second-order valence-electron chi connectivity index (χ2n) is 3.70. The number of anilines is 1. The zero-order valence-corrected chi connectivity index (χ0v) is 10.2. The lowest BCUT2D eigenvalue weighted by atomic mass is 10.4. The normalized spacial score (nSPS) is 9.74. The van der Waals surface area contributed by atoms with E-state index >= 15 is 0 Å². The van der Waals surface area contributed by atoms with Crippen molar-refractivity contribution in [1.29, 1.82) is 0 Å². The van der Waals surface area contributed by atoms with E-state index in [1.54, 1.807) is 12.1 Å². The highest BCUT2D eigenvalue weighted by molar-refractivity contribution is 5.94. The largest absolute Gasteiger partial charge is 0.480 e. The maximum absolute atomic E-state index is 12.0. The Morgan fingerprint density at radius 1 is 1.21 bits per heavy atom. The summed E-state index contributed by atoms with van der Waals surface area (Å²) < 4.78 is 0. The van der Waals surface area contributed by atoms with E-state index in [2.05, 4.69) is 4.98 Å². The predicted molar refractivity (Wildman–Crippen MR) is 64.9 cm³/mol. The molecule has 0 aliphatic carbocycles. The molecule has 0 radical (unpaired) electrons. The molecule has 1 rings (SSSR count). The first-order valence-corrected chi connectivity index (χ1v) is 5.28. The molecule has 0 aromatic carbocycles. The van der Waals surface area contributed by atoms with Gasteiger partial charge in [-0.2, -0.15) is 0 Å². The van der Waals surface area contributed by atoms with E-state index in [0.717, 1.165) is 9.80 Å². The van der Waals surface area contributed by atoms with Crippen molar-refractivity contribution in [3.63, 3.8) is 0 Å². The minimum absolute atomic E-state index is 0.438. The number of carboxylic acid groups (broad SMARTS) is 2. The Hall–Kier alpha value is -2.64. The Bertz CT molecular complexity index is 460. The second-order valence-corrected chi connectivity index (χ2v) is 3.70. The summed E-state index contributed by atoms with van der Waals surface area (Å²) in [5, 5.41) is 17.4. The minimum Gasteiger partial charge on any atom is -0.480 e.